The first-order valence-corrected chi connectivity index (χ1v) is 8.87. The van der Waals surface area contributed by atoms with Gasteiger partial charge in [-0.05, 0) is 48.6 Å². The Bertz CT molecular complexity index is 742. The topological polar surface area (TPSA) is 85.1 Å². The van der Waals surface area contributed by atoms with Gasteiger partial charge in [-0.3, -0.25) is 9.59 Å². The molecule has 6 heteroatoms. The molecule has 0 spiro atoms. The normalized spacial score (nSPS) is 13.5. The average Bonchev–Trinajstić information content (AvgIpc) is 3.43. The molecule has 124 valence electrons. The lowest BCUT2D eigenvalue weighted by Crippen LogP contribution is -2.26. The third-order valence-corrected chi connectivity index (χ3v) is 4.95. The summed E-state index contributed by atoms with van der Waals surface area (Å²) in [4.78, 5) is 27.7. The first-order valence-electron chi connectivity index (χ1n) is 7.88. The molecule has 5 nitrogen and oxygen atoms in total. The van der Waals surface area contributed by atoms with Crippen LogP contribution < -0.4 is 11.1 Å². The Morgan fingerprint density at radius 3 is 2.62 bits per heavy atom. The van der Waals surface area contributed by atoms with Gasteiger partial charge in [0.05, 0.1) is 5.56 Å². The Kier molecular flexibility index (Phi) is 5.15. The molecule has 1 saturated carbocycles. The lowest BCUT2D eigenvalue weighted by atomic mass is 10.1. The van der Waals surface area contributed by atoms with Crippen molar-refractivity contribution in [2.45, 2.75) is 23.6 Å². The number of nitrogens with two attached hydrogens (primary N) is 1. The van der Waals surface area contributed by atoms with Crippen LogP contribution in [-0.2, 0) is 5.75 Å². The summed E-state index contributed by atoms with van der Waals surface area (Å²) in [7, 11) is 0. The first-order chi connectivity index (χ1) is 11.6. The van der Waals surface area contributed by atoms with Gasteiger partial charge in [0.25, 0.3) is 5.91 Å². The number of benzene rings is 1. The van der Waals surface area contributed by atoms with Gasteiger partial charge in [-0.2, -0.15) is 0 Å². The standard InChI is InChI=1S/C18H19N3O2S/c19-16(22)14-7-5-13(6-8-14)11-24-18-15(2-1-9-20-18)17(23)21-10-12-3-4-12/h1-2,5-9,12H,3-4,10-11H2,(H2,19,22)(H,21,23). The third-order valence-electron chi connectivity index (χ3n) is 3.88. The number of carbonyl (C=O) groups excluding carboxylic acids is 2. The first kappa shape index (κ1) is 16.5. The summed E-state index contributed by atoms with van der Waals surface area (Å²) in [6.45, 7) is 0.742. The monoisotopic (exact) mass is 341 g/mol. The number of carbonyl (C=O) groups is 2. The zero-order chi connectivity index (χ0) is 16.9. The highest BCUT2D eigenvalue weighted by Crippen LogP contribution is 2.28. The van der Waals surface area contributed by atoms with E-state index < -0.39 is 5.91 Å². The number of rotatable bonds is 7. The maximum absolute atomic E-state index is 12.3. The van der Waals surface area contributed by atoms with Gasteiger partial charge in [0.2, 0.25) is 5.91 Å². The van der Waals surface area contributed by atoms with Crippen molar-refractivity contribution in [1.82, 2.24) is 10.3 Å². The summed E-state index contributed by atoms with van der Waals surface area (Å²) in [5.74, 6) is 0.805. The van der Waals surface area contributed by atoms with E-state index in [1.807, 2.05) is 12.1 Å². The largest absolute Gasteiger partial charge is 0.366 e. The van der Waals surface area contributed by atoms with E-state index in [1.165, 1.54) is 24.6 Å². The number of nitrogens with one attached hydrogen (secondary N) is 1. The minimum atomic E-state index is -0.437. The molecular weight excluding hydrogens is 322 g/mol. The second-order valence-corrected chi connectivity index (χ2v) is 6.82. The van der Waals surface area contributed by atoms with Crippen molar-refractivity contribution in [3.63, 3.8) is 0 Å². The highest BCUT2D eigenvalue weighted by molar-refractivity contribution is 7.98. The Morgan fingerprint density at radius 1 is 1.21 bits per heavy atom. The number of primary amides is 1. The molecule has 0 aliphatic heterocycles. The van der Waals surface area contributed by atoms with Crippen molar-refractivity contribution >= 4 is 23.6 Å². The number of thioether (sulfide) groups is 1. The smallest absolute Gasteiger partial charge is 0.254 e. The van der Waals surface area contributed by atoms with Crippen LogP contribution >= 0.6 is 11.8 Å². The Hall–Kier alpha value is -2.34. The van der Waals surface area contributed by atoms with Crippen molar-refractivity contribution in [2.75, 3.05) is 6.54 Å². The molecule has 3 rings (SSSR count). The van der Waals surface area contributed by atoms with Gasteiger partial charge in [0.15, 0.2) is 0 Å². The average molecular weight is 341 g/mol. The molecule has 0 saturated heterocycles. The van der Waals surface area contributed by atoms with E-state index in [-0.39, 0.29) is 5.91 Å². The summed E-state index contributed by atoms with van der Waals surface area (Å²) >= 11 is 1.50. The number of aromatic nitrogens is 1. The Morgan fingerprint density at radius 2 is 1.96 bits per heavy atom. The fourth-order valence-corrected chi connectivity index (χ4v) is 3.20. The zero-order valence-electron chi connectivity index (χ0n) is 13.2. The van der Waals surface area contributed by atoms with Crippen LogP contribution in [0.5, 0.6) is 0 Å². The molecule has 0 atom stereocenters. The van der Waals surface area contributed by atoms with Crippen molar-refractivity contribution < 1.29 is 9.59 Å². The molecule has 3 N–H and O–H groups in total. The zero-order valence-corrected chi connectivity index (χ0v) is 14.0. The number of amides is 2. The van der Waals surface area contributed by atoms with E-state index in [9.17, 15) is 9.59 Å². The van der Waals surface area contributed by atoms with Gasteiger partial charge in [0.1, 0.15) is 5.03 Å². The van der Waals surface area contributed by atoms with E-state index in [1.54, 1.807) is 30.5 Å². The van der Waals surface area contributed by atoms with Crippen molar-refractivity contribution in [1.29, 1.82) is 0 Å². The van der Waals surface area contributed by atoms with Crippen LogP contribution in [-0.4, -0.2) is 23.3 Å². The van der Waals surface area contributed by atoms with Gasteiger partial charge in [-0.15, -0.1) is 11.8 Å². The van der Waals surface area contributed by atoms with Gasteiger partial charge in [0, 0.05) is 24.1 Å². The van der Waals surface area contributed by atoms with Crippen LogP contribution in [0, 0.1) is 5.92 Å². The predicted molar refractivity (Wildman–Crippen MR) is 93.8 cm³/mol. The number of hydrogen-bond donors (Lipinski definition) is 2. The summed E-state index contributed by atoms with van der Waals surface area (Å²) in [5.41, 5.74) is 7.38. The molecule has 0 unspecified atom stereocenters. The van der Waals surface area contributed by atoms with Crippen molar-refractivity contribution in [3.8, 4) is 0 Å². The molecule has 1 aromatic carbocycles. The fourth-order valence-electron chi connectivity index (χ4n) is 2.25. The van der Waals surface area contributed by atoms with E-state index in [0.717, 1.165) is 12.1 Å². The van der Waals surface area contributed by atoms with Gasteiger partial charge < -0.3 is 11.1 Å². The third kappa shape index (κ3) is 4.35. The quantitative estimate of drug-likeness (QED) is 0.758. The molecule has 24 heavy (non-hydrogen) atoms. The minimum Gasteiger partial charge on any atom is -0.366 e. The highest BCUT2D eigenvalue weighted by atomic mass is 32.2. The Labute approximate surface area is 145 Å². The number of pyridine rings is 1. The maximum Gasteiger partial charge on any atom is 0.254 e. The van der Waals surface area contributed by atoms with Gasteiger partial charge in [-0.1, -0.05) is 12.1 Å². The molecular formula is C18H19N3O2S. The van der Waals surface area contributed by atoms with Crippen LogP contribution in [0.3, 0.4) is 0 Å². The molecule has 2 aromatic rings. The second kappa shape index (κ2) is 7.49. The van der Waals surface area contributed by atoms with Crippen LogP contribution in [0.2, 0.25) is 0 Å². The Balaban J connectivity index is 1.63. The van der Waals surface area contributed by atoms with Gasteiger partial charge >= 0.3 is 0 Å². The lowest BCUT2D eigenvalue weighted by molar-refractivity contribution is 0.0947. The van der Waals surface area contributed by atoms with E-state index >= 15 is 0 Å². The molecule has 0 radical (unpaired) electrons. The van der Waals surface area contributed by atoms with E-state index in [0.29, 0.717) is 27.8 Å². The summed E-state index contributed by atoms with van der Waals surface area (Å²) in [6, 6.07) is 10.7. The van der Waals surface area contributed by atoms with E-state index in [2.05, 4.69) is 10.3 Å². The number of nitrogens with zero attached hydrogens (tertiary/aromatic N) is 1. The molecule has 0 bridgehead atoms. The summed E-state index contributed by atoms with van der Waals surface area (Å²) in [5, 5.41) is 3.69. The summed E-state index contributed by atoms with van der Waals surface area (Å²) < 4.78 is 0. The van der Waals surface area contributed by atoms with Gasteiger partial charge in [-0.25, -0.2) is 4.98 Å². The van der Waals surface area contributed by atoms with E-state index in [4.69, 9.17) is 5.73 Å². The molecule has 1 aliphatic carbocycles. The fraction of sp³-hybridized carbons (Fsp3) is 0.278. The molecule has 1 heterocycles. The molecule has 1 aliphatic rings. The second-order valence-electron chi connectivity index (χ2n) is 5.86. The number of hydrogen-bond acceptors (Lipinski definition) is 4. The highest BCUT2D eigenvalue weighted by Gasteiger charge is 2.22. The SMILES string of the molecule is NC(=O)c1ccc(CSc2ncccc2C(=O)NCC2CC2)cc1. The summed E-state index contributed by atoms with van der Waals surface area (Å²) in [6.07, 6.45) is 4.10. The van der Waals surface area contributed by atoms with Crippen molar-refractivity contribution in [3.05, 3.63) is 59.3 Å². The lowest BCUT2D eigenvalue weighted by Gasteiger charge is -2.09. The van der Waals surface area contributed by atoms with Crippen LogP contribution in [0.1, 0.15) is 39.1 Å². The van der Waals surface area contributed by atoms with Crippen LogP contribution in [0.15, 0.2) is 47.6 Å². The van der Waals surface area contributed by atoms with Crippen LogP contribution in [0.25, 0.3) is 0 Å². The minimum absolute atomic E-state index is 0.0680. The molecule has 1 aromatic heterocycles. The van der Waals surface area contributed by atoms with Crippen LogP contribution in [0.4, 0.5) is 0 Å². The predicted octanol–water partition coefficient (Wildman–Crippen LogP) is 2.61. The molecule has 2 amide bonds. The molecule has 1 fully saturated rings. The maximum atomic E-state index is 12.3. The van der Waals surface area contributed by atoms with Crippen molar-refractivity contribution in [2.24, 2.45) is 11.7 Å².